The highest BCUT2D eigenvalue weighted by Crippen LogP contribution is 2.22. The molecule has 3 rings (SSSR count). The fourth-order valence-electron chi connectivity index (χ4n) is 2.40. The number of hydrogen-bond donors (Lipinski definition) is 1. The lowest BCUT2D eigenvalue weighted by Gasteiger charge is -2.06. The van der Waals surface area contributed by atoms with Gasteiger partial charge in [-0.25, -0.2) is 9.07 Å². The number of carbonyl (C=O) groups excluding carboxylic acids is 1. The van der Waals surface area contributed by atoms with Crippen molar-refractivity contribution in [3.8, 4) is 0 Å². The third-order valence-corrected chi connectivity index (χ3v) is 3.95. The first kappa shape index (κ1) is 16.2. The van der Waals surface area contributed by atoms with Crippen molar-refractivity contribution in [1.82, 2.24) is 9.78 Å². The van der Waals surface area contributed by atoms with E-state index in [9.17, 15) is 9.18 Å². The molecule has 1 N–H and O–H groups in total. The molecule has 0 atom stereocenters. The van der Waals surface area contributed by atoms with E-state index < -0.39 is 0 Å². The van der Waals surface area contributed by atoms with Gasteiger partial charge in [-0.2, -0.15) is 5.10 Å². The van der Waals surface area contributed by atoms with Crippen LogP contribution in [0.2, 0.25) is 5.15 Å². The second-order valence-corrected chi connectivity index (χ2v) is 5.71. The molecule has 0 fully saturated rings. The maximum absolute atomic E-state index is 12.9. The number of carbonyl (C=O) groups is 1. The van der Waals surface area contributed by atoms with E-state index in [1.54, 1.807) is 11.6 Å². The fraction of sp³-hybridized carbons (Fsp3) is 0.111. The average molecular weight is 344 g/mol. The van der Waals surface area contributed by atoms with Gasteiger partial charge in [0.15, 0.2) is 0 Å². The molecule has 6 heteroatoms. The van der Waals surface area contributed by atoms with Crippen LogP contribution in [0.1, 0.15) is 21.6 Å². The van der Waals surface area contributed by atoms with Crippen molar-refractivity contribution >= 4 is 23.2 Å². The molecule has 24 heavy (non-hydrogen) atoms. The zero-order valence-electron chi connectivity index (χ0n) is 13.0. The Hall–Kier alpha value is -2.66. The number of nitrogens with one attached hydrogen (secondary N) is 1. The molecule has 0 aliphatic rings. The summed E-state index contributed by atoms with van der Waals surface area (Å²) in [4.78, 5) is 12.5. The lowest BCUT2D eigenvalue weighted by atomic mass is 10.2. The maximum atomic E-state index is 12.9. The summed E-state index contributed by atoms with van der Waals surface area (Å²) in [7, 11) is 0. The number of halogens is 2. The summed E-state index contributed by atoms with van der Waals surface area (Å²) in [6.07, 6.45) is 0. The Morgan fingerprint density at radius 3 is 2.50 bits per heavy atom. The number of nitrogens with zero attached hydrogens (tertiary/aromatic N) is 2. The maximum Gasteiger partial charge on any atom is 0.260 e. The zero-order chi connectivity index (χ0) is 17.1. The summed E-state index contributed by atoms with van der Waals surface area (Å²) in [5, 5.41) is 7.32. The molecular weight excluding hydrogens is 329 g/mol. The SMILES string of the molecule is Cc1nn(Cc2ccccc2)c(Cl)c1C(=O)Nc1ccc(F)cc1. The molecule has 0 saturated carbocycles. The highest BCUT2D eigenvalue weighted by atomic mass is 35.5. The van der Waals surface area contributed by atoms with Gasteiger partial charge in [0, 0.05) is 5.69 Å². The molecule has 122 valence electrons. The number of aromatic nitrogens is 2. The molecule has 0 bridgehead atoms. The van der Waals surface area contributed by atoms with E-state index in [1.165, 1.54) is 24.3 Å². The van der Waals surface area contributed by atoms with E-state index in [1.807, 2.05) is 30.3 Å². The Morgan fingerprint density at radius 1 is 1.17 bits per heavy atom. The van der Waals surface area contributed by atoms with Crippen LogP contribution in [0.3, 0.4) is 0 Å². The molecule has 1 amide bonds. The first-order valence-electron chi connectivity index (χ1n) is 7.38. The smallest absolute Gasteiger partial charge is 0.260 e. The minimum absolute atomic E-state index is 0.274. The van der Waals surface area contributed by atoms with Crippen molar-refractivity contribution in [2.75, 3.05) is 5.32 Å². The Balaban J connectivity index is 1.83. The van der Waals surface area contributed by atoms with Crippen LogP contribution in [0.25, 0.3) is 0 Å². The van der Waals surface area contributed by atoms with Crippen molar-refractivity contribution in [2.45, 2.75) is 13.5 Å². The van der Waals surface area contributed by atoms with Crippen LogP contribution in [-0.4, -0.2) is 15.7 Å². The summed E-state index contributed by atoms with van der Waals surface area (Å²) in [6, 6.07) is 15.3. The Morgan fingerprint density at radius 2 is 1.83 bits per heavy atom. The Kier molecular flexibility index (Phi) is 4.62. The highest BCUT2D eigenvalue weighted by molar-refractivity contribution is 6.33. The van der Waals surface area contributed by atoms with Gasteiger partial charge in [0.2, 0.25) is 0 Å². The Labute approximate surface area is 143 Å². The van der Waals surface area contributed by atoms with Crippen LogP contribution in [0.5, 0.6) is 0 Å². The van der Waals surface area contributed by atoms with Gasteiger partial charge in [-0.15, -0.1) is 0 Å². The number of anilines is 1. The summed E-state index contributed by atoms with van der Waals surface area (Å²) in [5.41, 5.74) is 2.38. The summed E-state index contributed by atoms with van der Waals surface area (Å²) in [6.45, 7) is 2.21. The third-order valence-electron chi connectivity index (χ3n) is 3.57. The van der Waals surface area contributed by atoms with E-state index in [0.717, 1.165) is 5.56 Å². The molecule has 0 spiro atoms. The monoisotopic (exact) mass is 343 g/mol. The van der Waals surface area contributed by atoms with E-state index in [-0.39, 0.29) is 16.9 Å². The van der Waals surface area contributed by atoms with E-state index >= 15 is 0 Å². The molecule has 0 radical (unpaired) electrons. The number of benzene rings is 2. The third kappa shape index (κ3) is 3.46. The van der Waals surface area contributed by atoms with Crippen LogP contribution in [0.15, 0.2) is 54.6 Å². The lowest BCUT2D eigenvalue weighted by Crippen LogP contribution is -2.13. The average Bonchev–Trinajstić information content (AvgIpc) is 2.84. The molecule has 3 aromatic rings. The van der Waals surface area contributed by atoms with Crippen molar-refractivity contribution in [2.24, 2.45) is 0 Å². The molecule has 0 aliphatic carbocycles. The van der Waals surface area contributed by atoms with Gasteiger partial charge in [0.25, 0.3) is 5.91 Å². The minimum Gasteiger partial charge on any atom is -0.322 e. The van der Waals surface area contributed by atoms with Crippen LogP contribution in [0.4, 0.5) is 10.1 Å². The second-order valence-electron chi connectivity index (χ2n) is 5.36. The summed E-state index contributed by atoms with van der Waals surface area (Å²) >= 11 is 6.35. The van der Waals surface area contributed by atoms with Crippen molar-refractivity contribution in [1.29, 1.82) is 0 Å². The molecule has 1 heterocycles. The van der Waals surface area contributed by atoms with Gasteiger partial charge < -0.3 is 5.32 Å². The summed E-state index contributed by atoms with van der Waals surface area (Å²) in [5.74, 6) is -0.735. The first-order chi connectivity index (χ1) is 11.5. The van der Waals surface area contributed by atoms with Gasteiger partial charge in [-0.05, 0) is 36.8 Å². The van der Waals surface area contributed by atoms with Crippen LogP contribution < -0.4 is 5.32 Å². The van der Waals surface area contributed by atoms with Crippen LogP contribution in [0, 0.1) is 12.7 Å². The molecule has 1 aromatic heterocycles. The number of rotatable bonds is 4. The van der Waals surface area contributed by atoms with E-state index in [0.29, 0.717) is 23.5 Å². The van der Waals surface area contributed by atoms with Crippen LogP contribution in [-0.2, 0) is 6.54 Å². The quantitative estimate of drug-likeness (QED) is 0.768. The predicted octanol–water partition coefficient (Wildman–Crippen LogP) is 4.28. The largest absolute Gasteiger partial charge is 0.322 e. The molecule has 4 nitrogen and oxygen atoms in total. The van der Waals surface area contributed by atoms with Crippen molar-refractivity contribution < 1.29 is 9.18 Å². The Bertz CT molecular complexity index is 860. The predicted molar refractivity (Wildman–Crippen MR) is 91.9 cm³/mol. The van der Waals surface area contributed by atoms with Gasteiger partial charge in [0.05, 0.1) is 17.8 Å². The molecule has 0 unspecified atom stereocenters. The van der Waals surface area contributed by atoms with Gasteiger partial charge in [-0.1, -0.05) is 41.9 Å². The van der Waals surface area contributed by atoms with Crippen LogP contribution >= 0.6 is 11.6 Å². The zero-order valence-corrected chi connectivity index (χ0v) is 13.7. The first-order valence-corrected chi connectivity index (χ1v) is 7.76. The van der Waals surface area contributed by atoms with E-state index in [2.05, 4.69) is 10.4 Å². The molecule has 2 aromatic carbocycles. The second kappa shape index (κ2) is 6.84. The van der Waals surface area contributed by atoms with E-state index in [4.69, 9.17) is 11.6 Å². The number of hydrogen-bond acceptors (Lipinski definition) is 2. The number of amides is 1. The molecule has 0 aliphatic heterocycles. The number of aryl methyl sites for hydroxylation is 1. The van der Waals surface area contributed by atoms with Gasteiger partial charge in [0.1, 0.15) is 11.0 Å². The summed E-state index contributed by atoms with van der Waals surface area (Å²) < 4.78 is 14.5. The van der Waals surface area contributed by atoms with Gasteiger partial charge in [-0.3, -0.25) is 4.79 Å². The normalized spacial score (nSPS) is 10.6. The van der Waals surface area contributed by atoms with Crippen molar-refractivity contribution in [3.63, 3.8) is 0 Å². The van der Waals surface area contributed by atoms with Crippen molar-refractivity contribution in [3.05, 3.63) is 82.4 Å². The fourth-order valence-corrected chi connectivity index (χ4v) is 2.72. The van der Waals surface area contributed by atoms with Gasteiger partial charge >= 0.3 is 0 Å². The minimum atomic E-state index is -0.372. The standard InChI is InChI=1S/C18H15ClFN3O/c1-12-16(18(24)21-15-9-7-14(20)8-10-15)17(19)23(22-12)11-13-5-3-2-4-6-13/h2-10H,11H2,1H3,(H,21,24). The molecule has 0 saturated heterocycles. The molecular formula is C18H15ClFN3O. The lowest BCUT2D eigenvalue weighted by molar-refractivity contribution is 0.102. The highest BCUT2D eigenvalue weighted by Gasteiger charge is 2.20. The topological polar surface area (TPSA) is 46.9 Å².